The fourth-order valence-electron chi connectivity index (χ4n) is 2.94. The first-order valence-corrected chi connectivity index (χ1v) is 9.43. The van der Waals surface area contributed by atoms with Crippen LogP contribution in [0.3, 0.4) is 0 Å². The number of methoxy groups -OCH3 is 1. The minimum absolute atomic E-state index is 0.0707. The molecule has 2 aromatic rings. The van der Waals surface area contributed by atoms with Crippen molar-refractivity contribution in [1.82, 2.24) is 0 Å². The summed E-state index contributed by atoms with van der Waals surface area (Å²) in [6.45, 7) is 2.01. The fourth-order valence-corrected chi connectivity index (χ4v) is 4.07. The van der Waals surface area contributed by atoms with Gasteiger partial charge in [0.15, 0.2) is 0 Å². The summed E-state index contributed by atoms with van der Waals surface area (Å²) in [6, 6.07) is 10.9. The molecule has 0 fully saturated rings. The van der Waals surface area contributed by atoms with Gasteiger partial charge in [-0.15, -0.1) is 0 Å². The number of para-hydroxylation sites is 1. The Hall–Kier alpha value is -2.87. The van der Waals surface area contributed by atoms with Gasteiger partial charge in [-0.25, -0.2) is 13.2 Å². The minimum atomic E-state index is -3.90. The topological polar surface area (TPSA) is 92.8 Å². The van der Waals surface area contributed by atoms with Gasteiger partial charge in [-0.2, -0.15) is 0 Å². The number of sulfonamides is 1. The smallest absolute Gasteiger partial charge is 0.339 e. The van der Waals surface area contributed by atoms with E-state index in [4.69, 9.17) is 0 Å². The SMILES string of the molecule is COC(=O)c1ccccc1NS(=O)(=O)c1ccc2c(c1)CCN2C(C)=O. The molecule has 0 aliphatic carbocycles. The highest BCUT2D eigenvalue weighted by Crippen LogP contribution is 2.31. The van der Waals surface area contributed by atoms with Crippen molar-refractivity contribution in [2.75, 3.05) is 23.3 Å². The number of carbonyl (C=O) groups excluding carboxylic acids is 2. The Kier molecular flexibility index (Phi) is 4.69. The maximum atomic E-state index is 12.7. The Labute approximate surface area is 151 Å². The molecule has 1 N–H and O–H groups in total. The van der Waals surface area contributed by atoms with Crippen LogP contribution in [0.4, 0.5) is 11.4 Å². The molecule has 0 radical (unpaired) electrons. The van der Waals surface area contributed by atoms with Gasteiger partial charge in [-0.1, -0.05) is 12.1 Å². The molecule has 1 heterocycles. The van der Waals surface area contributed by atoms with Crippen LogP contribution in [0.1, 0.15) is 22.8 Å². The summed E-state index contributed by atoms with van der Waals surface area (Å²) in [5.74, 6) is -0.709. The molecule has 8 heteroatoms. The zero-order valence-electron chi connectivity index (χ0n) is 14.4. The highest BCUT2D eigenvalue weighted by molar-refractivity contribution is 7.92. The van der Waals surface area contributed by atoms with E-state index >= 15 is 0 Å². The molecule has 1 aliphatic rings. The van der Waals surface area contributed by atoms with E-state index in [1.807, 2.05) is 0 Å². The molecule has 0 aromatic heterocycles. The van der Waals surface area contributed by atoms with Crippen molar-refractivity contribution in [3.8, 4) is 0 Å². The Morgan fingerprint density at radius 2 is 1.88 bits per heavy atom. The molecule has 0 atom stereocenters. The Morgan fingerprint density at radius 1 is 1.15 bits per heavy atom. The molecule has 0 bridgehead atoms. The van der Waals surface area contributed by atoms with Crippen molar-refractivity contribution < 1.29 is 22.7 Å². The number of carbonyl (C=O) groups is 2. The van der Waals surface area contributed by atoms with Gasteiger partial charge in [0.25, 0.3) is 10.0 Å². The predicted molar refractivity (Wildman–Crippen MR) is 96.8 cm³/mol. The second-order valence-electron chi connectivity index (χ2n) is 5.85. The largest absolute Gasteiger partial charge is 0.465 e. The average molecular weight is 374 g/mol. The first-order chi connectivity index (χ1) is 12.3. The number of rotatable bonds is 4. The van der Waals surface area contributed by atoms with Gasteiger partial charge in [0, 0.05) is 19.2 Å². The lowest BCUT2D eigenvalue weighted by molar-refractivity contribution is -0.116. The zero-order chi connectivity index (χ0) is 18.9. The fraction of sp³-hybridized carbons (Fsp3) is 0.222. The second kappa shape index (κ2) is 6.80. The average Bonchev–Trinajstić information content (AvgIpc) is 3.04. The van der Waals surface area contributed by atoms with Crippen LogP contribution < -0.4 is 9.62 Å². The highest BCUT2D eigenvalue weighted by Gasteiger charge is 2.25. The first-order valence-electron chi connectivity index (χ1n) is 7.94. The number of nitrogens with one attached hydrogen (secondary N) is 1. The number of esters is 1. The van der Waals surface area contributed by atoms with Crippen LogP contribution in [0.5, 0.6) is 0 Å². The van der Waals surface area contributed by atoms with E-state index in [9.17, 15) is 18.0 Å². The van der Waals surface area contributed by atoms with E-state index in [1.54, 1.807) is 29.2 Å². The van der Waals surface area contributed by atoms with Crippen LogP contribution in [-0.4, -0.2) is 33.9 Å². The van der Waals surface area contributed by atoms with Crippen molar-refractivity contribution in [2.24, 2.45) is 0 Å². The lowest BCUT2D eigenvalue weighted by Gasteiger charge is -2.15. The van der Waals surface area contributed by atoms with Crippen LogP contribution in [0.2, 0.25) is 0 Å². The number of nitrogens with zero attached hydrogens (tertiary/aromatic N) is 1. The summed E-state index contributed by atoms with van der Waals surface area (Å²) in [5, 5.41) is 0. The van der Waals surface area contributed by atoms with E-state index in [2.05, 4.69) is 9.46 Å². The van der Waals surface area contributed by atoms with Crippen LogP contribution in [0.25, 0.3) is 0 Å². The zero-order valence-corrected chi connectivity index (χ0v) is 15.2. The number of ether oxygens (including phenoxy) is 1. The van der Waals surface area contributed by atoms with Gasteiger partial charge in [0.05, 0.1) is 23.3 Å². The van der Waals surface area contributed by atoms with Crippen LogP contribution in [0.15, 0.2) is 47.4 Å². The molecule has 0 unspecified atom stereocenters. The maximum Gasteiger partial charge on any atom is 0.339 e. The predicted octanol–water partition coefficient (Wildman–Crippen LogP) is 2.18. The van der Waals surface area contributed by atoms with Gasteiger partial charge in [-0.05, 0) is 42.3 Å². The van der Waals surface area contributed by atoms with Crippen molar-refractivity contribution in [2.45, 2.75) is 18.2 Å². The van der Waals surface area contributed by atoms with Crippen molar-refractivity contribution in [3.63, 3.8) is 0 Å². The highest BCUT2D eigenvalue weighted by atomic mass is 32.2. The van der Waals surface area contributed by atoms with E-state index in [0.717, 1.165) is 11.3 Å². The molecule has 0 spiro atoms. The molecule has 0 saturated heterocycles. The quantitative estimate of drug-likeness (QED) is 0.828. The summed E-state index contributed by atoms with van der Waals surface area (Å²) < 4.78 is 32.6. The lowest BCUT2D eigenvalue weighted by atomic mass is 10.2. The van der Waals surface area contributed by atoms with Gasteiger partial charge < -0.3 is 9.64 Å². The second-order valence-corrected chi connectivity index (χ2v) is 7.54. The summed E-state index contributed by atoms with van der Waals surface area (Å²) in [4.78, 5) is 25.1. The molecule has 136 valence electrons. The van der Waals surface area contributed by atoms with Crippen molar-refractivity contribution in [3.05, 3.63) is 53.6 Å². The molecule has 0 saturated carbocycles. The number of fused-ring (bicyclic) bond motifs is 1. The number of anilines is 2. The third kappa shape index (κ3) is 3.28. The van der Waals surface area contributed by atoms with Gasteiger partial charge in [-0.3, -0.25) is 9.52 Å². The molecule has 3 rings (SSSR count). The number of hydrogen-bond acceptors (Lipinski definition) is 5. The number of benzene rings is 2. The first kappa shape index (κ1) is 17.9. The van der Waals surface area contributed by atoms with Gasteiger partial charge >= 0.3 is 5.97 Å². The van der Waals surface area contributed by atoms with Gasteiger partial charge in [0.1, 0.15) is 0 Å². The maximum absolute atomic E-state index is 12.7. The third-order valence-corrected chi connectivity index (χ3v) is 5.58. The molecule has 1 amide bonds. The summed E-state index contributed by atoms with van der Waals surface area (Å²) >= 11 is 0. The Balaban J connectivity index is 1.94. The summed E-state index contributed by atoms with van der Waals surface area (Å²) in [6.07, 6.45) is 0.594. The summed E-state index contributed by atoms with van der Waals surface area (Å²) in [5.41, 5.74) is 1.79. The Morgan fingerprint density at radius 3 is 2.58 bits per heavy atom. The van der Waals surface area contributed by atoms with Gasteiger partial charge in [0.2, 0.25) is 5.91 Å². The van der Waals surface area contributed by atoms with Crippen molar-refractivity contribution in [1.29, 1.82) is 0 Å². The standard InChI is InChI=1S/C18H18N2O5S/c1-12(21)20-10-9-13-11-14(7-8-17(13)20)26(23,24)19-16-6-4-3-5-15(16)18(22)25-2/h3-8,11,19H,9-10H2,1-2H3. The normalized spacial score (nSPS) is 13.2. The molecule has 26 heavy (non-hydrogen) atoms. The molecule has 2 aromatic carbocycles. The van der Waals surface area contributed by atoms with E-state index < -0.39 is 16.0 Å². The van der Waals surface area contributed by atoms with E-state index in [0.29, 0.717) is 13.0 Å². The molecule has 7 nitrogen and oxygen atoms in total. The Bertz CT molecular complexity index is 985. The third-order valence-electron chi connectivity index (χ3n) is 4.21. The number of hydrogen-bond donors (Lipinski definition) is 1. The molecular weight excluding hydrogens is 356 g/mol. The van der Waals surface area contributed by atoms with E-state index in [-0.39, 0.29) is 22.1 Å². The minimum Gasteiger partial charge on any atom is -0.465 e. The van der Waals surface area contributed by atoms with E-state index in [1.165, 1.54) is 32.2 Å². The monoisotopic (exact) mass is 374 g/mol. The van der Waals surface area contributed by atoms with Crippen molar-refractivity contribution >= 4 is 33.3 Å². The molecule has 1 aliphatic heterocycles. The van der Waals surface area contributed by atoms with Crippen LogP contribution in [0, 0.1) is 0 Å². The van der Waals surface area contributed by atoms with Crippen LogP contribution >= 0.6 is 0 Å². The molecular formula is C18H18N2O5S. The lowest BCUT2D eigenvalue weighted by Crippen LogP contribution is -2.25. The summed E-state index contributed by atoms with van der Waals surface area (Å²) in [7, 11) is -2.67. The number of amides is 1. The van der Waals surface area contributed by atoms with Crippen LogP contribution in [-0.2, 0) is 26.0 Å².